The van der Waals surface area contributed by atoms with E-state index in [-0.39, 0.29) is 5.91 Å². The molecule has 0 aliphatic rings. The molecule has 0 aliphatic heterocycles. The van der Waals surface area contributed by atoms with Gasteiger partial charge < -0.3 is 10.6 Å². The van der Waals surface area contributed by atoms with Gasteiger partial charge in [0.05, 0.1) is 27.4 Å². The Labute approximate surface area is 210 Å². The Morgan fingerprint density at radius 1 is 1.06 bits per heavy atom. The summed E-state index contributed by atoms with van der Waals surface area (Å²) >= 11 is 6.34. The average Bonchev–Trinajstić information content (AvgIpc) is 2.83. The summed E-state index contributed by atoms with van der Waals surface area (Å²) in [4.78, 5) is 33.9. The van der Waals surface area contributed by atoms with Crippen LogP contribution in [0.5, 0.6) is 0 Å². The van der Waals surface area contributed by atoms with E-state index in [1.165, 1.54) is 0 Å². The SMILES string of the molecule is Cc1nc(NCC(C)(C)C(C)(C)C(=O)NO)ccc1C(=O)Nc1ccc(Cl)c(-c2ccccn2)c1. The highest BCUT2D eigenvalue weighted by atomic mass is 35.5. The molecule has 184 valence electrons. The van der Waals surface area contributed by atoms with Crippen LogP contribution >= 0.6 is 11.6 Å². The van der Waals surface area contributed by atoms with Gasteiger partial charge in [-0.2, -0.15) is 0 Å². The fourth-order valence-electron chi connectivity index (χ4n) is 3.40. The van der Waals surface area contributed by atoms with Gasteiger partial charge >= 0.3 is 0 Å². The van der Waals surface area contributed by atoms with Gasteiger partial charge in [0, 0.05) is 24.0 Å². The van der Waals surface area contributed by atoms with Crippen LogP contribution in [0.3, 0.4) is 0 Å². The maximum Gasteiger partial charge on any atom is 0.257 e. The van der Waals surface area contributed by atoms with E-state index in [1.807, 2.05) is 32.0 Å². The van der Waals surface area contributed by atoms with E-state index in [9.17, 15) is 9.59 Å². The molecule has 9 heteroatoms. The minimum atomic E-state index is -0.837. The van der Waals surface area contributed by atoms with E-state index < -0.39 is 16.7 Å². The first-order chi connectivity index (χ1) is 16.5. The smallest absolute Gasteiger partial charge is 0.257 e. The Kier molecular flexibility index (Phi) is 7.77. The van der Waals surface area contributed by atoms with Crippen molar-refractivity contribution in [1.29, 1.82) is 0 Å². The maximum atomic E-state index is 12.9. The molecule has 1 aromatic carbocycles. The highest BCUT2D eigenvalue weighted by Gasteiger charge is 2.43. The van der Waals surface area contributed by atoms with Crippen LogP contribution in [0, 0.1) is 17.8 Å². The molecule has 0 bridgehead atoms. The van der Waals surface area contributed by atoms with Crippen molar-refractivity contribution in [3.63, 3.8) is 0 Å². The third-order valence-corrected chi connectivity index (χ3v) is 6.90. The highest BCUT2D eigenvalue weighted by molar-refractivity contribution is 6.33. The molecule has 0 aliphatic carbocycles. The predicted molar refractivity (Wildman–Crippen MR) is 138 cm³/mol. The number of nitrogens with zero attached hydrogens (tertiary/aromatic N) is 2. The lowest BCUT2D eigenvalue weighted by Gasteiger charge is -2.39. The second kappa shape index (κ2) is 10.4. The topological polar surface area (TPSA) is 116 Å². The van der Waals surface area contributed by atoms with Gasteiger partial charge in [0.2, 0.25) is 5.91 Å². The summed E-state index contributed by atoms with van der Waals surface area (Å²) in [6, 6.07) is 14.2. The number of benzene rings is 1. The normalized spacial score (nSPS) is 11.6. The number of carbonyl (C=O) groups is 2. The summed E-state index contributed by atoms with van der Waals surface area (Å²) in [6.45, 7) is 9.57. The van der Waals surface area contributed by atoms with E-state index in [1.54, 1.807) is 62.8 Å². The van der Waals surface area contributed by atoms with Gasteiger partial charge in [-0.1, -0.05) is 45.4 Å². The Morgan fingerprint density at radius 2 is 1.80 bits per heavy atom. The summed E-state index contributed by atoms with van der Waals surface area (Å²) in [5, 5.41) is 15.7. The van der Waals surface area contributed by atoms with Gasteiger partial charge in [-0.15, -0.1) is 0 Å². The van der Waals surface area contributed by atoms with Crippen molar-refractivity contribution in [3.05, 3.63) is 71.0 Å². The first-order valence-electron chi connectivity index (χ1n) is 11.1. The lowest BCUT2D eigenvalue weighted by Crippen LogP contribution is -2.48. The molecule has 2 aromatic heterocycles. The molecule has 0 unspecified atom stereocenters. The zero-order chi connectivity index (χ0) is 25.8. The van der Waals surface area contributed by atoms with E-state index in [2.05, 4.69) is 20.6 Å². The number of nitrogens with one attached hydrogen (secondary N) is 3. The summed E-state index contributed by atoms with van der Waals surface area (Å²) in [7, 11) is 0. The van der Waals surface area contributed by atoms with Crippen molar-refractivity contribution < 1.29 is 14.8 Å². The van der Waals surface area contributed by atoms with Crippen LogP contribution in [0.25, 0.3) is 11.3 Å². The Morgan fingerprint density at radius 3 is 2.43 bits per heavy atom. The van der Waals surface area contributed by atoms with Gasteiger partial charge in [0.15, 0.2) is 0 Å². The number of halogens is 1. The third kappa shape index (κ3) is 5.78. The van der Waals surface area contributed by atoms with Gasteiger partial charge in [-0.25, -0.2) is 10.5 Å². The molecular formula is C26H30ClN5O3. The van der Waals surface area contributed by atoms with E-state index in [0.717, 1.165) is 5.56 Å². The molecule has 2 amide bonds. The number of anilines is 2. The van der Waals surface area contributed by atoms with Crippen LogP contribution < -0.4 is 16.1 Å². The number of pyridine rings is 2. The average molecular weight is 496 g/mol. The van der Waals surface area contributed by atoms with Crippen LogP contribution in [0.1, 0.15) is 43.7 Å². The number of aromatic nitrogens is 2. The molecule has 35 heavy (non-hydrogen) atoms. The highest BCUT2D eigenvalue weighted by Crippen LogP contribution is 2.38. The lowest BCUT2D eigenvalue weighted by atomic mass is 9.67. The second-order valence-corrected chi connectivity index (χ2v) is 9.90. The zero-order valence-corrected chi connectivity index (χ0v) is 21.2. The molecule has 0 atom stereocenters. The van der Waals surface area contributed by atoms with Crippen molar-refractivity contribution in [2.24, 2.45) is 10.8 Å². The fourth-order valence-corrected chi connectivity index (χ4v) is 3.61. The Balaban J connectivity index is 1.72. The minimum Gasteiger partial charge on any atom is -0.369 e. The maximum absolute atomic E-state index is 12.9. The number of aryl methyl sites for hydroxylation is 1. The van der Waals surface area contributed by atoms with Crippen molar-refractivity contribution in [3.8, 4) is 11.3 Å². The van der Waals surface area contributed by atoms with Gasteiger partial charge in [0.25, 0.3) is 5.91 Å². The molecule has 8 nitrogen and oxygen atoms in total. The third-order valence-electron chi connectivity index (χ3n) is 6.57. The number of amides is 2. The molecule has 2 heterocycles. The first-order valence-corrected chi connectivity index (χ1v) is 11.5. The number of rotatable bonds is 8. The van der Waals surface area contributed by atoms with Crippen LogP contribution in [-0.4, -0.2) is 33.5 Å². The molecule has 0 saturated heterocycles. The second-order valence-electron chi connectivity index (χ2n) is 9.50. The molecule has 0 saturated carbocycles. The molecule has 0 radical (unpaired) electrons. The number of hydrogen-bond acceptors (Lipinski definition) is 6. The molecule has 0 spiro atoms. The van der Waals surface area contributed by atoms with E-state index >= 15 is 0 Å². The minimum absolute atomic E-state index is 0.295. The van der Waals surface area contributed by atoms with Crippen molar-refractivity contribution in [2.75, 3.05) is 17.2 Å². The standard InChI is InChI=1S/C26H30ClN5O3/c1-16-18(10-12-22(30-16)29-15-25(2,3)26(4,5)24(34)32-35)23(33)31-17-9-11-20(27)19(14-17)21-8-6-7-13-28-21/h6-14,35H,15H2,1-5H3,(H,29,30)(H,31,33)(H,32,34). The fraction of sp³-hybridized carbons (Fsp3) is 0.308. The molecule has 3 aromatic rings. The summed E-state index contributed by atoms with van der Waals surface area (Å²) in [5.41, 5.74) is 3.40. The molecule has 0 fully saturated rings. The molecule has 3 rings (SSSR count). The summed E-state index contributed by atoms with van der Waals surface area (Å²) < 4.78 is 0. The van der Waals surface area contributed by atoms with Crippen LogP contribution in [-0.2, 0) is 4.79 Å². The van der Waals surface area contributed by atoms with Crippen LogP contribution in [0.4, 0.5) is 11.5 Å². The lowest BCUT2D eigenvalue weighted by molar-refractivity contribution is -0.143. The summed E-state index contributed by atoms with van der Waals surface area (Å²) in [5.74, 6) is -0.179. The summed E-state index contributed by atoms with van der Waals surface area (Å²) in [6.07, 6.45) is 1.69. The van der Waals surface area contributed by atoms with Gasteiger partial charge in [0.1, 0.15) is 5.82 Å². The first kappa shape index (κ1) is 26.1. The zero-order valence-electron chi connectivity index (χ0n) is 20.4. The molecular weight excluding hydrogens is 466 g/mol. The van der Waals surface area contributed by atoms with Crippen molar-refractivity contribution in [1.82, 2.24) is 15.4 Å². The molecule has 4 N–H and O–H groups in total. The van der Waals surface area contributed by atoms with Crippen LogP contribution in [0.2, 0.25) is 5.02 Å². The number of hydrogen-bond donors (Lipinski definition) is 4. The number of carbonyl (C=O) groups excluding carboxylic acids is 2. The Bertz CT molecular complexity index is 1230. The van der Waals surface area contributed by atoms with Gasteiger partial charge in [-0.3, -0.25) is 19.8 Å². The van der Waals surface area contributed by atoms with E-state index in [4.69, 9.17) is 16.8 Å². The van der Waals surface area contributed by atoms with Crippen LogP contribution in [0.15, 0.2) is 54.7 Å². The predicted octanol–water partition coefficient (Wildman–Crippen LogP) is 5.33. The van der Waals surface area contributed by atoms with Crippen molar-refractivity contribution in [2.45, 2.75) is 34.6 Å². The Hall–Kier alpha value is -3.49. The quantitative estimate of drug-likeness (QED) is 0.248. The largest absolute Gasteiger partial charge is 0.369 e. The van der Waals surface area contributed by atoms with Crippen molar-refractivity contribution >= 4 is 34.9 Å². The monoisotopic (exact) mass is 495 g/mol. The van der Waals surface area contributed by atoms with Gasteiger partial charge in [-0.05, 0) is 54.8 Å². The number of hydroxylamine groups is 1. The van der Waals surface area contributed by atoms with E-state index in [0.29, 0.717) is 40.0 Å².